The van der Waals surface area contributed by atoms with Crippen molar-refractivity contribution >= 4 is 5.69 Å². The zero-order valence-corrected chi connectivity index (χ0v) is 13.6. The molecule has 0 bridgehead atoms. The van der Waals surface area contributed by atoms with Crippen molar-refractivity contribution in [2.45, 2.75) is 59.7 Å². The average Bonchev–Trinajstić information content (AvgIpc) is 2.41. The number of nitrogens with zero attached hydrogens (tertiary/aromatic N) is 2. The molecule has 20 heavy (non-hydrogen) atoms. The summed E-state index contributed by atoms with van der Waals surface area (Å²) < 4.78 is 0. The highest BCUT2D eigenvalue weighted by Crippen LogP contribution is 2.32. The van der Waals surface area contributed by atoms with Crippen LogP contribution in [0.2, 0.25) is 0 Å². The number of piperidine rings is 1. The summed E-state index contributed by atoms with van der Waals surface area (Å²) in [4.78, 5) is 6.90. The summed E-state index contributed by atoms with van der Waals surface area (Å²) in [6, 6.07) is 3.28. The van der Waals surface area contributed by atoms with Crippen molar-refractivity contribution in [2.75, 3.05) is 11.4 Å². The molecule has 1 aliphatic heterocycles. The van der Waals surface area contributed by atoms with Gasteiger partial charge in [0.2, 0.25) is 0 Å². The van der Waals surface area contributed by atoms with E-state index < -0.39 is 0 Å². The second-order valence-electron chi connectivity index (χ2n) is 6.75. The van der Waals surface area contributed by atoms with Gasteiger partial charge in [0.25, 0.3) is 0 Å². The second kappa shape index (κ2) is 6.57. The van der Waals surface area contributed by atoms with E-state index >= 15 is 0 Å². The molecule has 3 unspecified atom stereocenters. The molecule has 3 atom stereocenters. The normalized spacial score (nSPS) is 27.1. The Labute approximate surface area is 123 Å². The van der Waals surface area contributed by atoms with E-state index in [4.69, 9.17) is 0 Å². The van der Waals surface area contributed by atoms with Gasteiger partial charge in [-0.1, -0.05) is 27.7 Å². The van der Waals surface area contributed by atoms with Crippen LogP contribution < -0.4 is 10.2 Å². The fourth-order valence-corrected chi connectivity index (χ4v) is 3.18. The molecular weight excluding hydrogens is 246 g/mol. The minimum atomic E-state index is 0.500. The number of hydrogen-bond acceptors (Lipinski definition) is 3. The van der Waals surface area contributed by atoms with Crippen molar-refractivity contribution in [3.63, 3.8) is 0 Å². The average molecular weight is 275 g/mol. The maximum Gasteiger partial charge on any atom is 0.0445 e. The molecule has 3 heteroatoms. The predicted molar refractivity (Wildman–Crippen MR) is 86.0 cm³/mol. The van der Waals surface area contributed by atoms with E-state index in [2.05, 4.69) is 55.9 Å². The number of nitrogens with one attached hydrogen (secondary N) is 1. The van der Waals surface area contributed by atoms with Gasteiger partial charge in [0.15, 0.2) is 0 Å². The lowest BCUT2D eigenvalue weighted by Crippen LogP contribution is -2.46. The fourth-order valence-electron chi connectivity index (χ4n) is 3.18. The van der Waals surface area contributed by atoms with Gasteiger partial charge in [-0.2, -0.15) is 0 Å². The number of aromatic nitrogens is 1. The van der Waals surface area contributed by atoms with Crippen molar-refractivity contribution in [3.05, 3.63) is 24.0 Å². The molecular formula is C17H29N3. The van der Waals surface area contributed by atoms with Crippen molar-refractivity contribution in [2.24, 2.45) is 11.8 Å². The SMILES string of the molecule is CC1CC(C)C(C)N(c2ccncc2CNC(C)C)C1. The molecule has 0 saturated carbocycles. The number of rotatable bonds is 4. The monoisotopic (exact) mass is 275 g/mol. The Balaban J connectivity index is 2.22. The third kappa shape index (κ3) is 3.51. The molecule has 1 aliphatic rings. The molecule has 2 rings (SSSR count). The van der Waals surface area contributed by atoms with Gasteiger partial charge in [-0.05, 0) is 31.2 Å². The lowest BCUT2D eigenvalue weighted by Gasteiger charge is -2.43. The van der Waals surface area contributed by atoms with Crippen molar-refractivity contribution in [1.82, 2.24) is 10.3 Å². The van der Waals surface area contributed by atoms with Crippen molar-refractivity contribution in [1.29, 1.82) is 0 Å². The van der Waals surface area contributed by atoms with Crippen LogP contribution in [0, 0.1) is 11.8 Å². The van der Waals surface area contributed by atoms with Gasteiger partial charge in [-0.25, -0.2) is 0 Å². The first-order valence-corrected chi connectivity index (χ1v) is 7.92. The quantitative estimate of drug-likeness (QED) is 0.912. The van der Waals surface area contributed by atoms with Crippen LogP contribution in [0.4, 0.5) is 5.69 Å². The number of anilines is 1. The minimum Gasteiger partial charge on any atom is -0.368 e. The van der Waals surface area contributed by atoms with E-state index in [1.54, 1.807) is 0 Å². The molecule has 1 aromatic rings. The Morgan fingerprint density at radius 3 is 2.80 bits per heavy atom. The van der Waals surface area contributed by atoms with Crippen LogP contribution in [0.25, 0.3) is 0 Å². The van der Waals surface area contributed by atoms with E-state index in [9.17, 15) is 0 Å². The Kier molecular flexibility index (Phi) is 5.03. The predicted octanol–water partition coefficient (Wildman–Crippen LogP) is 3.45. The first kappa shape index (κ1) is 15.3. The lowest BCUT2D eigenvalue weighted by atomic mass is 9.85. The van der Waals surface area contributed by atoms with Crippen LogP contribution >= 0.6 is 0 Å². The van der Waals surface area contributed by atoms with Crippen molar-refractivity contribution < 1.29 is 0 Å². The Hall–Kier alpha value is -1.09. The second-order valence-corrected chi connectivity index (χ2v) is 6.75. The number of hydrogen-bond donors (Lipinski definition) is 1. The van der Waals surface area contributed by atoms with Gasteiger partial charge in [0.1, 0.15) is 0 Å². The Morgan fingerprint density at radius 1 is 1.35 bits per heavy atom. The third-order valence-electron chi connectivity index (χ3n) is 4.49. The zero-order chi connectivity index (χ0) is 14.7. The smallest absolute Gasteiger partial charge is 0.0445 e. The largest absolute Gasteiger partial charge is 0.368 e. The van der Waals surface area contributed by atoms with Gasteiger partial charge in [-0.15, -0.1) is 0 Å². The molecule has 0 spiro atoms. The maximum absolute atomic E-state index is 4.31. The minimum absolute atomic E-state index is 0.500. The zero-order valence-electron chi connectivity index (χ0n) is 13.6. The fraction of sp³-hybridized carbons (Fsp3) is 0.706. The summed E-state index contributed by atoms with van der Waals surface area (Å²) >= 11 is 0. The maximum atomic E-state index is 4.31. The summed E-state index contributed by atoms with van der Waals surface area (Å²) in [5, 5.41) is 3.51. The number of pyridine rings is 1. The van der Waals surface area contributed by atoms with E-state index in [-0.39, 0.29) is 0 Å². The summed E-state index contributed by atoms with van der Waals surface area (Å²) in [7, 11) is 0. The first-order chi connectivity index (χ1) is 9.49. The summed E-state index contributed by atoms with van der Waals surface area (Å²) in [6.07, 6.45) is 5.27. The van der Waals surface area contributed by atoms with Gasteiger partial charge in [-0.3, -0.25) is 4.98 Å². The van der Waals surface area contributed by atoms with Gasteiger partial charge < -0.3 is 10.2 Å². The molecule has 112 valence electrons. The van der Waals surface area contributed by atoms with Gasteiger partial charge >= 0.3 is 0 Å². The first-order valence-electron chi connectivity index (χ1n) is 7.92. The highest BCUT2D eigenvalue weighted by molar-refractivity contribution is 5.53. The molecule has 1 N–H and O–H groups in total. The van der Waals surface area contributed by atoms with E-state index in [1.807, 2.05) is 12.4 Å². The van der Waals surface area contributed by atoms with Crippen LogP contribution in [0.5, 0.6) is 0 Å². The molecule has 1 aromatic heterocycles. The van der Waals surface area contributed by atoms with Crippen LogP contribution in [0.1, 0.15) is 46.6 Å². The Morgan fingerprint density at radius 2 is 2.10 bits per heavy atom. The van der Waals surface area contributed by atoms with Crippen LogP contribution in [0.3, 0.4) is 0 Å². The van der Waals surface area contributed by atoms with Crippen molar-refractivity contribution in [3.8, 4) is 0 Å². The molecule has 3 nitrogen and oxygen atoms in total. The summed E-state index contributed by atoms with van der Waals surface area (Å²) in [5.41, 5.74) is 2.67. The highest BCUT2D eigenvalue weighted by atomic mass is 15.2. The topological polar surface area (TPSA) is 28.2 Å². The highest BCUT2D eigenvalue weighted by Gasteiger charge is 2.29. The molecule has 1 fully saturated rings. The molecule has 0 amide bonds. The van der Waals surface area contributed by atoms with E-state index in [0.717, 1.165) is 24.9 Å². The van der Waals surface area contributed by atoms with Gasteiger partial charge in [0.05, 0.1) is 0 Å². The van der Waals surface area contributed by atoms with E-state index in [1.165, 1.54) is 17.7 Å². The molecule has 0 aromatic carbocycles. The Bertz CT molecular complexity index is 430. The van der Waals surface area contributed by atoms with Crippen LogP contribution in [-0.2, 0) is 6.54 Å². The standard InChI is InChI=1S/C17H29N3/c1-12(2)19-10-16-9-18-7-6-17(16)20-11-13(3)8-14(4)15(20)5/h6-7,9,12-15,19H,8,10-11H2,1-5H3. The van der Waals surface area contributed by atoms with E-state index in [0.29, 0.717) is 12.1 Å². The molecule has 2 heterocycles. The third-order valence-corrected chi connectivity index (χ3v) is 4.49. The summed E-state index contributed by atoms with van der Waals surface area (Å²) in [5.74, 6) is 1.51. The van der Waals surface area contributed by atoms with Gasteiger partial charge in [0, 0.05) is 48.8 Å². The van der Waals surface area contributed by atoms with Crippen LogP contribution in [0.15, 0.2) is 18.5 Å². The lowest BCUT2D eigenvalue weighted by molar-refractivity contribution is 0.296. The summed E-state index contributed by atoms with van der Waals surface area (Å²) in [6.45, 7) is 13.5. The molecule has 1 saturated heterocycles. The molecule has 0 radical (unpaired) electrons. The molecule has 0 aliphatic carbocycles. The van der Waals surface area contributed by atoms with Crippen LogP contribution in [-0.4, -0.2) is 23.6 Å².